The molecule has 43 heavy (non-hydrogen) atoms. The number of carbonyl (C=O) groups is 4. The Hall–Kier alpha value is -4.49. The number of likely N-dealkylation sites (tertiary alicyclic amines) is 1. The predicted octanol–water partition coefficient (Wildman–Crippen LogP) is 2.77. The van der Waals surface area contributed by atoms with Crippen molar-refractivity contribution in [2.45, 2.75) is 57.3 Å². The second kappa shape index (κ2) is 12.4. The number of aromatic nitrogens is 1. The molecule has 1 aromatic heterocycles. The number of nitrogens with one attached hydrogen (secondary N) is 2. The van der Waals surface area contributed by atoms with E-state index >= 15 is 0 Å². The number of pyridine rings is 1. The minimum Gasteiger partial charge on any atom is -0.465 e. The molecular formula is C29H33F3N6O5. The molecule has 1 aromatic carbocycles. The Kier molecular flexibility index (Phi) is 9.07. The van der Waals surface area contributed by atoms with Gasteiger partial charge >= 0.3 is 12.3 Å². The second-order valence-electron chi connectivity index (χ2n) is 11.2. The van der Waals surface area contributed by atoms with Crippen molar-refractivity contribution in [3.63, 3.8) is 0 Å². The number of benzene rings is 1. The van der Waals surface area contributed by atoms with Gasteiger partial charge in [-0.3, -0.25) is 19.4 Å². The Balaban J connectivity index is 1.62. The SMILES string of the molecule is CC(C)(NC(=O)O)C(=O)NC(CCc1ccccc1)C(=O)N1CCC2=NN(CC(F)(F)F)C(=O)C2(Cc2ccccn2)C1. The monoisotopic (exact) mass is 602 g/mol. The zero-order valence-electron chi connectivity index (χ0n) is 23.7. The van der Waals surface area contributed by atoms with E-state index in [1.807, 2.05) is 30.3 Å². The Bertz CT molecular complexity index is 1390. The summed E-state index contributed by atoms with van der Waals surface area (Å²) in [5, 5.41) is 18.4. The van der Waals surface area contributed by atoms with E-state index in [0.29, 0.717) is 17.1 Å². The minimum absolute atomic E-state index is 0.0457. The molecule has 4 rings (SSSR count). The first kappa shape index (κ1) is 31.4. The summed E-state index contributed by atoms with van der Waals surface area (Å²) < 4.78 is 40.0. The van der Waals surface area contributed by atoms with Crippen molar-refractivity contribution in [2.75, 3.05) is 19.6 Å². The number of piperidine rings is 1. The summed E-state index contributed by atoms with van der Waals surface area (Å²) >= 11 is 0. The van der Waals surface area contributed by atoms with E-state index in [2.05, 4.69) is 20.7 Å². The third kappa shape index (κ3) is 7.48. The van der Waals surface area contributed by atoms with Crippen LogP contribution in [0.4, 0.5) is 18.0 Å². The third-order valence-corrected chi connectivity index (χ3v) is 7.52. The van der Waals surface area contributed by atoms with Gasteiger partial charge in [-0.05, 0) is 44.4 Å². The van der Waals surface area contributed by atoms with Crippen LogP contribution in [0.15, 0.2) is 59.8 Å². The zero-order chi connectivity index (χ0) is 31.4. The number of hydrogen-bond donors (Lipinski definition) is 3. The van der Waals surface area contributed by atoms with Gasteiger partial charge in [0.25, 0.3) is 5.91 Å². The van der Waals surface area contributed by atoms with Crippen molar-refractivity contribution in [2.24, 2.45) is 10.5 Å². The van der Waals surface area contributed by atoms with Crippen molar-refractivity contribution < 1.29 is 37.5 Å². The molecule has 1 fully saturated rings. The van der Waals surface area contributed by atoms with Gasteiger partial charge in [0.1, 0.15) is 23.5 Å². The molecule has 0 saturated carbocycles. The van der Waals surface area contributed by atoms with Crippen LogP contribution >= 0.6 is 0 Å². The van der Waals surface area contributed by atoms with Gasteiger partial charge in [0.05, 0.1) is 5.71 Å². The summed E-state index contributed by atoms with van der Waals surface area (Å²) in [7, 11) is 0. The van der Waals surface area contributed by atoms with Crippen molar-refractivity contribution in [3.8, 4) is 0 Å². The molecule has 4 amide bonds. The molecule has 0 radical (unpaired) electrons. The van der Waals surface area contributed by atoms with Crippen molar-refractivity contribution in [3.05, 3.63) is 66.0 Å². The van der Waals surface area contributed by atoms with Gasteiger partial charge in [0.2, 0.25) is 11.8 Å². The standard InChI is InChI=1S/C29H33F3N6O5/c1-27(2,35-26(42)43)24(40)34-21(12-11-19-8-4-3-5-9-19)23(39)37-15-13-22-28(17-37,16-20-10-6-7-14-33-20)25(41)38(36-22)18-29(30,31)32/h3-10,14,21,35H,11-13,15-18H2,1-2H3,(H,34,40)(H,42,43). The molecular weight excluding hydrogens is 569 g/mol. The third-order valence-electron chi connectivity index (χ3n) is 7.52. The Morgan fingerprint density at radius 2 is 1.79 bits per heavy atom. The number of alkyl halides is 3. The smallest absolute Gasteiger partial charge is 0.408 e. The average molecular weight is 603 g/mol. The molecule has 0 aliphatic carbocycles. The van der Waals surface area contributed by atoms with Crippen LogP contribution in [-0.4, -0.2) is 86.9 Å². The zero-order valence-corrected chi connectivity index (χ0v) is 23.7. The van der Waals surface area contributed by atoms with Gasteiger partial charge in [-0.1, -0.05) is 36.4 Å². The van der Waals surface area contributed by atoms with Gasteiger partial charge in [-0.15, -0.1) is 0 Å². The quantitative estimate of drug-likeness (QED) is 0.382. The lowest BCUT2D eigenvalue weighted by Gasteiger charge is -2.41. The highest BCUT2D eigenvalue weighted by Gasteiger charge is 2.56. The first-order valence-electron chi connectivity index (χ1n) is 13.7. The van der Waals surface area contributed by atoms with E-state index in [-0.39, 0.29) is 38.1 Å². The van der Waals surface area contributed by atoms with E-state index in [9.17, 15) is 32.3 Å². The highest BCUT2D eigenvalue weighted by atomic mass is 19.4. The largest absolute Gasteiger partial charge is 0.465 e. The summed E-state index contributed by atoms with van der Waals surface area (Å²) in [6.07, 6.45) is -4.08. The molecule has 11 nitrogen and oxygen atoms in total. The van der Waals surface area contributed by atoms with Gasteiger partial charge in [0, 0.05) is 37.8 Å². The number of carbonyl (C=O) groups excluding carboxylic acids is 3. The van der Waals surface area contributed by atoms with E-state index < -0.39 is 53.5 Å². The maximum absolute atomic E-state index is 14.0. The minimum atomic E-state index is -4.68. The fraction of sp³-hybridized carbons (Fsp3) is 0.448. The number of halogens is 3. The van der Waals surface area contributed by atoms with Crippen LogP contribution < -0.4 is 10.6 Å². The lowest BCUT2D eigenvalue weighted by atomic mass is 9.74. The molecule has 1 saturated heterocycles. The van der Waals surface area contributed by atoms with Crippen LogP contribution in [0.5, 0.6) is 0 Å². The van der Waals surface area contributed by atoms with E-state index in [4.69, 9.17) is 5.11 Å². The molecule has 2 atom stereocenters. The summed E-state index contributed by atoms with van der Waals surface area (Å²) in [4.78, 5) is 57.6. The van der Waals surface area contributed by atoms with E-state index in [0.717, 1.165) is 5.56 Å². The number of amides is 4. The molecule has 0 bridgehead atoms. The van der Waals surface area contributed by atoms with Crippen LogP contribution in [0.3, 0.4) is 0 Å². The topological polar surface area (TPSA) is 144 Å². The molecule has 2 aliphatic heterocycles. The molecule has 0 spiro atoms. The first-order chi connectivity index (χ1) is 20.2. The second-order valence-corrected chi connectivity index (χ2v) is 11.2. The summed E-state index contributed by atoms with van der Waals surface area (Å²) in [6, 6.07) is 13.1. The summed E-state index contributed by atoms with van der Waals surface area (Å²) in [6.45, 7) is 0.945. The van der Waals surface area contributed by atoms with Crippen molar-refractivity contribution >= 4 is 29.5 Å². The highest BCUT2D eigenvalue weighted by molar-refractivity contribution is 6.13. The number of hydrogen-bond acceptors (Lipinski definition) is 6. The number of aryl methyl sites for hydroxylation is 1. The maximum atomic E-state index is 14.0. The van der Waals surface area contributed by atoms with Gasteiger partial charge in [-0.2, -0.15) is 18.3 Å². The summed E-state index contributed by atoms with van der Waals surface area (Å²) in [5.74, 6) is -2.16. The molecule has 2 aliphatic rings. The lowest BCUT2D eigenvalue weighted by Crippen LogP contribution is -2.62. The van der Waals surface area contributed by atoms with E-state index in [1.165, 1.54) is 24.9 Å². The first-order valence-corrected chi connectivity index (χ1v) is 13.7. The number of fused-ring (bicyclic) bond motifs is 1. The Morgan fingerprint density at radius 1 is 1.09 bits per heavy atom. The fourth-order valence-corrected chi connectivity index (χ4v) is 5.36. The Morgan fingerprint density at radius 3 is 2.42 bits per heavy atom. The Labute approximate surface area is 246 Å². The van der Waals surface area contributed by atoms with Gasteiger partial charge in [-0.25, -0.2) is 9.80 Å². The summed E-state index contributed by atoms with van der Waals surface area (Å²) in [5.41, 5.74) is -1.55. The van der Waals surface area contributed by atoms with Crippen LogP contribution in [0.25, 0.3) is 0 Å². The fourth-order valence-electron chi connectivity index (χ4n) is 5.36. The molecule has 2 unspecified atom stereocenters. The van der Waals surface area contributed by atoms with Crippen LogP contribution in [0, 0.1) is 5.41 Å². The molecule has 3 heterocycles. The van der Waals surface area contributed by atoms with Gasteiger partial charge < -0.3 is 20.6 Å². The van der Waals surface area contributed by atoms with Crippen molar-refractivity contribution in [1.82, 2.24) is 25.5 Å². The lowest BCUT2D eigenvalue weighted by molar-refractivity contribution is -0.164. The maximum Gasteiger partial charge on any atom is 0.408 e. The van der Waals surface area contributed by atoms with Gasteiger partial charge in [0.15, 0.2) is 0 Å². The molecule has 14 heteroatoms. The normalized spacial score (nSPS) is 19.4. The number of hydrazone groups is 1. The number of nitrogens with zero attached hydrogens (tertiary/aromatic N) is 4. The van der Waals surface area contributed by atoms with Crippen LogP contribution in [0.2, 0.25) is 0 Å². The highest BCUT2D eigenvalue weighted by Crippen LogP contribution is 2.39. The molecule has 230 valence electrons. The van der Waals surface area contributed by atoms with Crippen LogP contribution in [0.1, 0.15) is 37.9 Å². The van der Waals surface area contributed by atoms with Crippen LogP contribution in [-0.2, 0) is 27.2 Å². The predicted molar refractivity (Wildman–Crippen MR) is 149 cm³/mol. The van der Waals surface area contributed by atoms with Crippen molar-refractivity contribution in [1.29, 1.82) is 0 Å². The number of carboxylic acid groups (broad SMARTS) is 1. The average Bonchev–Trinajstić information content (AvgIpc) is 3.19. The van der Waals surface area contributed by atoms with E-state index in [1.54, 1.807) is 18.2 Å². The number of rotatable bonds is 10. The molecule has 2 aromatic rings. The molecule has 3 N–H and O–H groups in total.